The molecule has 4 aliphatic rings. The summed E-state index contributed by atoms with van der Waals surface area (Å²) in [6.07, 6.45) is -3.46. The van der Waals surface area contributed by atoms with Crippen LogP contribution < -0.4 is 4.74 Å². The minimum atomic E-state index is -2.59. The Balaban J connectivity index is 1.12. The van der Waals surface area contributed by atoms with Gasteiger partial charge in [0.15, 0.2) is 23.7 Å². The minimum Gasteiger partial charge on any atom is -0.508 e. The quantitative estimate of drug-likeness (QED) is 0.0677. The van der Waals surface area contributed by atoms with E-state index >= 15 is 0 Å². The van der Waals surface area contributed by atoms with E-state index in [1.165, 1.54) is 0 Å². The number of phenols is 1. The molecule has 1 aromatic heterocycles. The Morgan fingerprint density at radius 1 is 0.926 bits per heavy atom. The van der Waals surface area contributed by atoms with Crippen LogP contribution in [0.15, 0.2) is 72.8 Å². The number of aromatic nitrogens is 1. The molecule has 0 spiro atoms. The molecular formula is C42H45NO11. The van der Waals surface area contributed by atoms with Crippen LogP contribution in [-0.2, 0) is 26.3 Å². The second kappa shape index (κ2) is 13.0. The number of carbonyl (C=O) groups excluding carboxylic acids is 1. The molecule has 9 rings (SSSR count). The second-order valence-electron chi connectivity index (χ2n) is 15.8. The normalized spacial score (nSPS) is 31.2. The summed E-state index contributed by atoms with van der Waals surface area (Å²) in [5.74, 6) is -5.17. The van der Waals surface area contributed by atoms with Crippen molar-refractivity contribution in [3.05, 3.63) is 84.1 Å². The number of aromatic hydroxyl groups is 1. The predicted octanol–water partition coefficient (Wildman–Crippen LogP) is 4.15. The van der Waals surface area contributed by atoms with E-state index in [1.807, 2.05) is 48.5 Å². The first-order valence-electron chi connectivity index (χ1n) is 18.9. The summed E-state index contributed by atoms with van der Waals surface area (Å²) < 4.78 is 18.8. The van der Waals surface area contributed by atoms with Gasteiger partial charge in [-0.05, 0) is 95.5 Å². The third kappa shape index (κ3) is 5.16. The second-order valence-corrected chi connectivity index (χ2v) is 15.8. The van der Waals surface area contributed by atoms with Crippen LogP contribution in [0.2, 0.25) is 0 Å². The van der Waals surface area contributed by atoms with Gasteiger partial charge >= 0.3 is 5.97 Å². The van der Waals surface area contributed by atoms with Crippen LogP contribution >= 0.6 is 0 Å². The molecule has 284 valence electrons. The van der Waals surface area contributed by atoms with E-state index in [-0.39, 0.29) is 36.5 Å². The highest BCUT2D eigenvalue weighted by molar-refractivity contribution is 6.14. The molecule has 0 bridgehead atoms. The highest BCUT2D eigenvalue weighted by atomic mass is 16.7. The molecule has 2 saturated carbocycles. The predicted molar refractivity (Wildman–Crippen MR) is 196 cm³/mol. The van der Waals surface area contributed by atoms with Crippen molar-refractivity contribution in [1.82, 2.24) is 4.98 Å². The van der Waals surface area contributed by atoms with E-state index in [2.05, 4.69) is 4.98 Å². The molecule has 8 N–H and O–H groups in total. The highest BCUT2D eigenvalue weighted by Gasteiger charge is 2.77. The van der Waals surface area contributed by atoms with Gasteiger partial charge < -0.3 is 54.9 Å². The van der Waals surface area contributed by atoms with E-state index < -0.39 is 71.9 Å². The van der Waals surface area contributed by atoms with Crippen LogP contribution in [0.1, 0.15) is 62.6 Å². The van der Waals surface area contributed by atoms with E-state index in [1.54, 1.807) is 24.3 Å². The Hall–Kier alpha value is -4.11. The lowest BCUT2D eigenvalue weighted by Gasteiger charge is -2.56. The summed E-state index contributed by atoms with van der Waals surface area (Å²) in [6.45, 7) is -0.496. The number of aliphatic hydroxyl groups excluding tert-OH is 3. The Bertz CT molecular complexity index is 2230. The zero-order valence-corrected chi connectivity index (χ0v) is 29.6. The molecule has 3 heterocycles. The van der Waals surface area contributed by atoms with E-state index in [9.17, 15) is 40.5 Å². The topological polar surface area (TPSA) is 202 Å². The van der Waals surface area contributed by atoms with Gasteiger partial charge in [0.05, 0.1) is 29.3 Å². The molecule has 54 heavy (non-hydrogen) atoms. The standard InChI is InChI=1S/C42H45NO11/c44-21-30-35(33-28-19-23-7-3-2-6-22(23)18-24(28)8-14-29(33)43-30)53-39(49)36-37-41(50)26(11-15-32(46)42(41,51)54-36)20-31(52-37)34(38(47)48)40(16-4-1-5-17-40)25-9-12-27(45)13-10-25/h2-3,6-10,12-14,18-19,26,31-32,34,36-38,43-48,50-51H,1,4-5,11,15-17,20-21H2. The molecule has 2 saturated heterocycles. The average Bonchev–Trinajstić information content (AvgIpc) is 3.65. The van der Waals surface area contributed by atoms with E-state index in [4.69, 9.17) is 14.2 Å². The Labute approximate surface area is 310 Å². The summed E-state index contributed by atoms with van der Waals surface area (Å²) in [6, 6.07) is 22.4. The number of aliphatic hydroxyl groups is 6. The number of rotatable bonds is 7. The SMILES string of the molecule is O=C(Oc1c(CO)[nH]c2ccc3cc4ccccc4cc3c12)C1OC2(O)C(O)CCC3CC(C(C(O)O)C4(c5ccc(O)cc5)CCCCC4)OC1C32O. The van der Waals surface area contributed by atoms with Crippen molar-refractivity contribution in [2.24, 2.45) is 11.8 Å². The lowest BCUT2D eigenvalue weighted by atomic mass is 9.57. The maximum Gasteiger partial charge on any atom is 0.343 e. The van der Waals surface area contributed by atoms with Gasteiger partial charge in [-0.15, -0.1) is 0 Å². The van der Waals surface area contributed by atoms with Crippen LogP contribution in [0.5, 0.6) is 11.5 Å². The van der Waals surface area contributed by atoms with Crippen LogP contribution in [0.4, 0.5) is 0 Å². The van der Waals surface area contributed by atoms with Crippen LogP contribution in [0.25, 0.3) is 32.4 Å². The number of esters is 1. The highest BCUT2D eigenvalue weighted by Crippen LogP contribution is 2.59. The van der Waals surface area contributed by atoms with Gasteiger partial charge in [0.1, 0.15) is 18.0 Å². The van der Waals surface area contributed by atoms with Crippen molar-refractivity contribution in [2.45, 2.75) is 105 Å². The molecule has 12 heteroatoms. The van der Waals surface area contributed by atoms with Gasteiger partial charge in [0.25, 0.3) is 0 Å². The largest absolute Gasteiger partial charge is 0.508 e. The third-order valence-corrected chi connectivity index (χ3v) is 13.1. The van der Waals surface area contributed by atoms with Crippen LogP contribution in [0, 0.1) is 11.8 Å². The van der Waals surface area contributed by atoms with E-state index in [0.29, 0.717) is 23.7 Å². The first-order valence-corrected chi connectivity index (χ1v) is 18.9. The minimum absolute atomic E-state index is 0.0528. The number of fused-ring (bicyclic) bond motifs is 4. The fraction of sp³-hybridized carbons (Fsp3) is 0.452. The van der Waals surface area contributed by atoms with Gasteiger partial charge in [-0.25, -0.2) is 4.79 Å². The first-order chi connectivity index (χ1) is 26.0. The first kappa shape index (κ1) is 35.6. The number of aromatic amines is 1. The number of carbonyl (C=O) groups is 1. The number of nitrogens with one attached hydrogen (secondary N) is 1. The van der Waals surface area contributed by atoms with Gasteiger partial charge in [0.2, 0.25) is 5.79 Å². The Kier molecular flexibility index (Phi) is 8.56. The average molecular weight is 740 g/mol. The van der Waals surface area contributed by atoms with Crippen molar-refractivity contribution in [1.29, 1.82) is 0 Å². The number of phenolic OH excluding ortho intramolecular Hbond substituents is 1. The van der Waals surface area contributed by atoms with Crippen LogP contribution in [-0.4, -0.2) is 88.8 Å². The number of benzene rings is 4. The molecule has 8 unspecified atom stereocenters. The van der Waals surface area contributed by atoms with Crippen molar-refractivity contribution >= 4 is 38.4 Å². The lowest BCUT2D eigenvalue weighted by Crippen LogP contribution is -2.72. The Morgan fingerprint density at radius 3 is 2.35 bits per heavy atom. The van der Waals surface area contributed by atoms with Gasteiger partial charge in [-0.2, -0.15) is 0 Å². The van der Waals surface area contributed by atoms with Gasteiger partial charge in [-0.3, -0.25) is 0 Å². The molecule has 0 amide bonds. The number of ether oxygens (including phenoxy) is 3. The molecule has 0 radical (unpaired) electrons. The number of H-pyrrole nitrogens is 1. The smallest absolute Gasteiger partial charge is 0.343 e. The third-order valence-electron chi connectivity index (χ3n) is 13.1. The number of hydrogen-bond acceptors (Lipinski definition) is 11. The zero-order chi connectivity index (χ0) is 37.6. The molecule has 2 aliphatic heterocycles. The molecule has 2 aliphatic carbocycles. The molecule has 8 atom stereocenters. The summed E-state index contributed by atoms with van der Waals surface area (Å²) in [5, 5.41) is 82.7. The van der Waals surface area contributed by atoms with Crippen molar-refractivity contribution < 1.29 is 54.8 Å². The molecule has 5 aromatic rings. The fourth-order valence-electron chi connectivity index (χ4n) is 10.6. The molecule has 4 aromatic carbocycles. The van der Waals surface area contributed by atoms with Crippen molar-refractivity contribution in [3.8, 4) is 11.5 Å². The Morgan fingerprint density at radius 2 is 1.65 bits per heavy atom. The van der Waals surface area contributed by atoms with Crippen molar-refractivity contribution in [3.63, 3.8) is 0 Å². The molecule has 12 nitrogen and oxygen atoms in total. The van der Waals surface area contributed by atoms with Gasteiger partial charge in [0, 0.05) is 11.3 Å². The van der Waals surface area contributed by atoms with Crippen molar-refractivity contribution in [2.75, 3.05) is 0 Å². The summed E-state index contributed by atoms with van der Waals surface area (Å²) in [5.41, 5.74) is -1.39. The molecular weight excluding hydrogens is 694 g/mol. The summed E-state index contributed by atoms with van der Waals surface area (Å²) in [4.78, 5) is 17.6. The summed E-state index contributed by atoms with van der Waals surface area (Å²) in [7, 11) is 0. The maximum atomic E-state index is 14.5. The monoisotopic (exact) mass is 739 g/mol. The summed E-state index contributed by atoms with van der Waals surface area (Å²) >= 11 is 0. The fourth-order valence-corrected chi connectivity index (χ4v) is 10.6. The van der Waals surface area contributed by atoms with E-state index in [0.717, 1.165) is 46.4 Å². The molecule has 4 fully saturated rings. The lowest BCUT2D eigenvalue weighted by molar-refractivity contribution is -0.352. The zero-order valence-electron chi connectivity index (χ0n) is 29.6. The van der Waals surface area contributed by atoms with Gasteiger partial charge in [-0.1, -0.05) is 61.7 Å². The number of hydrogen-bond donors (Lipinski definition) is 8. The van der Waals surface area contributed by atoms with Crippen LogP contribution in [0.3, 0.4) is 0 Å². The maximum absolute atomic E-state index is 14.5.